The maximum absolute atomic E-state index is 14.5. The van der Waals surface area contributed by atoms with Crippen molar-refractivity contribution in [2.24, 2.45) is 5.92 Å². The van der Waals surface area contributed by atoms with Crippen LogP contribution in [0.15, 0.2) is 78.9 Å². The maximum atomic E-state index is 14.5. The van der Waals surface area contributed by atoms with E-state index in [-0.39, 0.29) is 29.9 Å². The lowest BCUT2D eigenvalue weighted by Crippen LogP contribution is -2.53. The second-order valence-electron chi connectivity index (χ2n) is 12.1. The fourth-order valence-electron chi connectivity index (χ4n) is 5.78. The topological polar surface area (TPSA) is 49.9 Å². The Hall–Kier alpha value is -3.31. The van der Waals surface area contributed by atoms with Gasteiger partial charge in [-0.25, -0.2) is 4.79 Å². The van der Waals surface area contributed by atoms with Crippen LogP contribution in [0.2, 0.25) is 5.02 Å². The monoisotopic (exact) mass is 558 g/mol. The quantitative estimate of drug-likeness (QED) is 0.308. The fraction of sp³-hybridized carbons (Fsp3) is 0.412. The van der Waals surface area contributed by atoms with Crippen LogP contribution in [-0.4, -0.2) is 46.5 Å². The molecule has 210 valence electrons. The molecule has 0 unspecified atom stereocenters. The predicted molar refractivity (Wildman–Crippen MR) is 160 cm³/mol. The molecule has 1 saturated carbocycles. The molecule has 5 nitrogen and oxygen atoms in total. The lowest BCUT2D eigenvalue weighted by molar-refractivity contribution is -0.143. The number of carbonyl (C=O) groups excluding carboxylic acids is 2. The Kier molecular flexibility index (Phi) is 8.51. The summed E-state index contributed by atoms with van der Waals surface area (Å²) >= 11 is 6.54. The van der Waals surface area contributed by atoms with Gasteiger partial charge in [0.25, 0.3) is 0 Å². The Balaban J connectivity index is 1.48. The summed E-state index contributed by atoms with van der Waals surface area (Å²) in [5.74, 6) is -0.299. The van der Waals surface area contributed by atoms with E-state index in [1.165, 1.54) is 0 Å². The molecular formula is C34H39ClN2O3. The highest BCUT2D eigenvalue weighted by molar-refractivity contribution is 6.31. The van der Waals surface area contributed by atoms with Crippen molar-refractivity contribution in [3.63, 3.8) is 0 Å². The lowest BCUT2D eigenvalue weighted by atomic mass is 9.78. The Bertz CT molecular complexity index is 1330. The zero-order valence-corrected chi connectivity index (χ0v) is 24.4. The van der Waals surface area contributed by atoms with Crippen molar-refractivity contribution >= 4 is 23.6 Å². The molecule has 1 aliphatic heterocycles. The van der Waals surface area contributed by atoms with Crippen LogP contribution in [0.4, 0.5) is 4.79 Å². The SMILES string of the molecule is CC(C)(C)OC(=O)N1CC[C@H](c2cccc(-c3ccccc3)c2)[C@@H](C(=O)N(Cc2ccccc2Cl)C2CCC2)C1. The normalized spacial score (nSPS) is 19.6. The number of benzene rings is 3. The minimum atomic E-state index is -0.598. The van der Waals surface area contributed by atoms with Gasteiger partial charge in [0, 0.05) is 30.7 Å². The zero-order chi connectivity index (χ0) is 28.3. The highest BCUT2D eigenvalue weighted by Gasteiger charge is 2.42. The first-order chi connectivity index (χ1) is 19.2. The third kappa shape index (κ3) is 6.52. The van der Waals surface area contributed by atoms with E-state index in [2.05, 4.69) is 36.4 Å². The summed E-state index contributed by atoms with van der Waals surface area (Å²) in [6.07, 6.45) is 3.44. The van der Waals surface area contributed by atoms with Crippen LogP contribution in [0.3, 0.4) is 0 Å². The largest absolute Gasteiger partial charge is 0.444 e. The molecule has 1 aliphatic carbocycles. The van der Waals surface area contributed by atoms with Gasteiger partial charge >= 0.3 is 6.09 Å². The Morgan fingerprint density at radius 2 is 1.62 bits per heavy atom. The van der Waals surface area contributed by atoms with Crippen molar-refractivity contribution in [1.82, 2.24) is 9.80 Å². The molecule has 3 aromatic carbocycles. The lowest BCUT2D eigenvalue weighted by Gasteiger charge is -2.44. The van der Waals surface area contributed by atoms with Crippen LogP contribution < -0.4 is 0 Å². The van der Waals surface area contributed by atoms with Crippen molar-refractivity contribution in [3.8, 4) is 11.1 Å². The first-order valence-electron chi connectivity index (χ1n) is 14.4. The van der Waals surface area contributed by atoms with E-state index in [1.807, 2.05) is 68.1 Å². The van der Waals surface area contributed by atoms with Gasteiger partial charge < -0.3 is 14.5 Å². The standard InChI is InChI=1S/C34H39ClN2O3/c1-34(2,3)40-33(39)36-20-19-29(26-15-9-14-25(21-26)24-11-5-4-6-12-24)30(23-36)32(38)37(28-16-10-17-28)22-27-13-7-8-18-31(27)35/h4-9,11-15,18,21,28-30H,10,16-17,19-20,22-23H2,1-3H3/t29-,30+/m1/s1. The molecule has 2 fully saturated rings. The predicted octanol–water partition coefficient (Wildman–Crippen LogP) is 7.93. The first kappa shape index (κ1) is 28.2. The Morgan fingerprint density at radius 1 is 0.925 bits per heavy atom. The molecule has 3 aromatic rings. The maximum Gasteiger partial charge on any atom is 0.410 e. The number of amides is 2. The molecule has 2 amide bonds. The van der Waals surface area contributed by atoms with E-state index in [4.69, 9.17) is 16.3 Å². The van der Waals surface area contributed by atoms with Crippen LogP contribution >= 0.6 is 11.6 Å². The van der Waals surface area contributed by atoms with Gasteiger partial charge in [-0.2, -0.15) is 0 Å². The van der Waals surface area contributed by atoms with E-state index in [0.29, 0.717) is 31.1 Å². The van der Waals surface area contributed by atoms with Crippen molar-refractivity contribution in [3.05, 3.63) is 95.0 Å². The zero-order valence-electron chi connectivity index (χ0n) is 23.7. The number of piperidine rings is 1. The number of hydrogen-bond donors (Lipinski definition) is 0. The summed E-state index contributed by atoms with van der Waals surface area (Å²) in [5, 5.41) is 0.672. The second kappa shape index (κ2) is 12.1. The van der Waals surface area contributed by atoms with Gasteiger partial charge in [-0.3, -0.25) is 4.79 Å². The van der Waals surface area contributed by atoms with E-state index in [9.17, 15) is 9.59 Å². The van der Waals surface area contributed by atoms with Gasteiger partial charge in [0.1, 0.15) is 5.60 Å². The molecule has 40 heavy (non-hydrogen) atoms. The van der Waals surface area contributed by atoms with Crippen molar-refractivity contribution in [1.29, 1.82) is 0 Å². The van der Waals surface area contributed by atoms with E-state index < -0.39 is 5.60 Å². The number of likely N-dealkylation sites (tertiary alicyclic amines) is 1. The molecule has 0 bridgehead atoms. The third-order valence-electron chi connectivity index (χ3n) is 8.10. The average molecular weight is 559 g/mol. The van der Waals surface area contributed by atoms with Gasteiger partial charge in [-0.05, 0) is 80.7 Å². The van der Waals surface area contributed by atoms with E-state index >= 15 is 0 Å². The molecule has 1 saturated heterocycles. The Morgan fingerprint density at radius 3 is 2.30 bits per heavy atom. The van der Waals surface area contributed by atoms with E-state index in [1.54, 1.807) is 4.90 Å². The molecule has 0 N–H and O–H groups in total. The fourth-order valence-corrected chi connectivity index (χ4v) is 5.98. The van der Waals surface area contributed by atoms with Crippen LogP contribution in [0.5, 0.6) is 0 Å². The third-order valence-corrected chi connectivity index (χ3v) is 8.47. The second-order valence-corrected chi connectivity index (χ2v) is 12.5. The van der Waals surface area contributed by atoms with Gasteiger partial charge in [0.2, 0.25) is 5.91 Å². The van der Waals surface area contributed by atoms with Crippen LogP contribution in [0, 0.1) is 5.92 Å². The molecule has 6 heteroatoms. The van der Waals surface area contributed by atoms with Gasteiger partial charge in [0.05, 0.1) is 5.92 Å². The first-order valence-corrected chi connectivity index (χ1v) is 14.7. The van der Waals surface area contributed by atoms with Crippen LogP contribution in [0.1, 0.15) is 63.5 Å². The van der Waals surface area contributed by atoms with Gasteiger partial charge in [-0.15, -0.1) is 0 Å². The summed E-state index contributed by atoms with van der Waals surface area (Å²) in [5.41, 5.74) is 3.76. The van der Waals surface area contributed by atoms with Crippen LogP contribution in [0.25, 0.3) is 11.1 Å². The molecule has 1 heterocycles. The van der Waals surface area contributed by atoms with Crippen molar-refractivity contribution < 1.29 is 14.3 Å². The molecular weight excluding hydrogens is 520 g/mol. The number of rotatable bonds is 6. The summed E-state index contributed by atoms with van der Waals surface area (Å²) < 4.78 is 5.72. The number of ether oxygens (including phenoxy) is 1. The smallest absolute Gasteiger partial charge is 0.410 e. The van der Waals surface area contributed by atoms with E-state index in [0.717, 1.165) is 41.5 Å². The minimum Gasteiger partial charge on any atom is -0.444 e. The Labute approximate surface area is 243 Å². The number of nitrogens with zero attached hydrogens (tertiary/aromatic N) is 2. The molecule has 2 atom stereocenters. The number of halogens is 1. The minimum absolute atomic E-state index is 0.0105. The summed E-state index contributed by atoms with van der Waals surface area (Å²) in [6.45, 7) is 6.97. The molecule has 5 rings (SSSR count). The summed E-state index contributed by atoms with van der Waals surface area (Å²) in [4.78, 5) is 31.4. The number of carbonyl (C=O) groups is 2. The average Bonchev–Trinajstić information content (AvgIpc) is 2.92. The van der Waals surface area contributed by atoms with Crippen molar-refractivity contribution in [2.45, 2.75) is 70.6 Å². The van der Waals surface area contributed by atoms with Crippen LogP contribution in [-0.2, 0) is 16.1 Å². The molecule has 0 spiro atoms. The summed E-state index contributed by atoms with van der Waals surface area (Å²) in [6, 6.07) is 26.8. The van der Waals surface area contributed by atoms with Crippen molar-refractivity contribution in [2.75, 3.05) is 13.1 Å². The molecule has 2 aliphatic rings. The molecule has 0 radical (unpaired) electrons. The molecule has 0 aromatic heterocycles. The highest BCUT2D eigenvalue weighted by Crippen LogP contribution is 2.39. The highest BCUT2D eigenvalue weighted by atomic mass is 35.5. The van der Waals surface area contributed by atoms with Gasteiger partial charge in [0.15, 0.2) is 0 Å². The summed E-state index contributed by atoms with van der Waals surface area (Å²) in [7, 11) is 0. The number of hydrogen-bond acceptors (Lipinski definition) is 3. The van der Waals surface area contributed by atoms with Gasteiger partial charge in [-0.1, -0.05) is 84.4 Å².